The van der Waals surface area contributed by atoms with Crippen LogP contribution < -0.4 is 0 Å². The van der Waals surface area contributed by atoms with Gasteiger partial charge in [0.25, 0.3) is 0 Å². The fourth-order valence-electron chi connectivity index (χ4n) is 6.40. The van der Waals surface area contributed by atoms with Crippen molar-refractivity contribution >= 4 is 5.91 Å². The Labute approximate surface area is 158 Å². The van der Waals surface area contributed by atoms with Crippen LogP contribution in [0.4, 0.5) is 0 Å². The van der Waals surface area contributed by atoms with E-state index in [9.17, 15) is 4.79 Å². The standard InChI is InChI=1S/C23H32N2O/c1-15(2)16-6-8-19-17(12-16)7-9-20-22(19,3)10-5-11-23(20,4)21(26)25-14-18(25)13-24/h7,12,15,18-20H,5-6,8-11,14H2,1-4H3/t18?,19-,20+,22+,23+,25?/m0/s1. The lowest BCUT2D eigenvalue weighted by Crippen LogP contribution is -2.54. The first kappa shape index (κ1) is 17.8. The summed E-state index contributed by atoms with van der Waals surface area (Å²) in [7, 11) is 0. The third-order valence-electron chi connectivity index (χ3n) is 8.09. The van der Waals surface area contributed by atoms with Gasteiger partial charge in [0.1, 0.15) is 6.04 Å². The lowest BCUT2D eigenvalue weighted by molar-refractivity contribution is -0.149. The van der Waals surface area contributed by atoms with Crippen molar-refractivity contribution in [2.75, 3.05) is 6.54 Å². The molecule has 0 radical (unpaired) electrons. The minimum absolute atomic E-state index is 0.173. The van der Waals surface area contributed by atoms with Crippen LogP contribution in [0, 0.1) is 39.9 Å². The van der Waals surface area contributed by atoms with E-state index in [4.69, 9.17) is 5.26 Å². The molecule has 1 saturated carbocycles. The van der Waals surface area contributed by atoms with Crippen molar-refractivity contribution < 1.29 is 4.79 Å². The molecule has 2 fully saturated rings. The molecule has 1 unspecified atom stereocenters. The number of nitriles is 1. The SMILES string of the molecule is CC(C)C1=CC2=CC[C@@H]3[C@](C)(CCC[C@@]3(C)C(=O)N3CC3C#N)[C@H]2CC1. The molecule has 0 N–H and O–H groups in total. The highest BCUT2D eigenvalue weighted by Crippen LogP contribution is 2.62. The Kier molecular flexibility index (Phi) is 4.10. The maximum Gasteiger partial charge on any atom is 0.230 e. The molecule has 1 heterocycles. The van der Waals surface area contributed by atoms with E-state index in [-0.39, 0.29) is 22.8 Å². The van der Waals surface area contributed by atoms with Gasteiger partial charge in [0.05, 0.1) is 18.0 Å². The molecule has 1 saturated heterocycles. The molecule has 0 spiro atoms. The second-order valence-electron chi connectivity index (χ2n) is 9.84. The predicted octanol–water partition coefficient (Wildman–Crippen LogP) is 4.86. The normalized spacial score (nSPS) is 41.5. The molecule has 0 aromatic rings. The lowest BCUT2D eigenvalue weighted by Gasteiger charge is -2.57. The number of rotatable bonds is 2. The third-order valence-corrected chi connectivity index (χ3v) is 8.09. The van der Waals surface area contributed by atoms with Crippen LogP contribution in [0.3, 0.4) is 0 Å². The first-order valence-corrected chi connectivity index (χ1v) is 10.4. The Morgan fingerprint density at radius 2 is 2.12 bits per heavy atom. The van der Waals surface area contributed by atoms with Crippen molar-refractivity contribution in [3.63, 3.8) is 0 Å². The van der Waals surface area contributed by atoms with E-state index >= 15 is 0 Å². The topological polar surface area (TPSA) is 43.9 Å². The van der Waals surface area contributed by atoms with Gasteiger partial charge in [0, 0.05) is 0 Å². The number of nitrogens with zero attached hydrogens (tertiary/aromatic N) is 2. The molecule has 3 nitrogen and oxygen atoms in total. The minimum Gasteiger partial charge on any atom is -0.321 e. The fourth-order valence-corrected chi connectivity index (χ4v) is 6.40. The zero-order chi connectivity index (χ0) is 18.7. The van der Waals surface area contributed by atoms with E-state index in [1.165, 1.54) is 24.8 Å². The zero-order valence-corrected chi connectivity index (χ0v) is 16.7. The van der Waals surface area contributed by atoms with E-state index in [0.29, 0.717) is 24.3 Å². The molecule has 26 heavy (non-hydrogen) atoms. The van der Waals surface area contributed by atoms with Crippen LogP contribution in [-0.4, -0.2) is 23.4 Å². The Morgan fingerprint density at radius 3 is 2.77 bits per heavy atom. The number of hydrogen-bond donors (Lipinski definition) is 0. The fraction of sp³-hybridized carbons (Fsp3) is 0.739. The maximum atomic E-state index is 13.3. The van der Waals surface area contributed by atoms with E-state index in [2.05, 4.69) is 45.9 Å². The summed E-state index contributed by atoms with van der Waals surface area (Å²) in [4.78, 5) is 15.1. The van der Waals surface area contributed by atoms with E-state index in [1.807, 2.05) is 4.90 Å². The molecule has 1 aliphatic heterocycles. The maximum absolute atomic E-state index is 13.3. The second-order valence-corrected chi connectivity index (χ2v) is 9.84. The number of allylic oxidation sites excluding steroid dienone is 4. The molecular formula is C23H32N2O. The summed E-state index contributed by atoms with van der Waals surface area (Å²) in [5, 5.41) is 9.15. The lowest BCUT2D eigenvalue weighted by atomic mass is 9.46. The Morgan fingerprint density at radius 1 is 1.35 bits per heavy atom. The zero-order valence-electron chi connectivity index (χ0n) is 16.7. The number of carbonyl (C=O) groups is 1. The minimum atomic E-state index is -0.303. The van der Waals surface area contributed by atoms with Gasteiger partial charge in [-0.2, -0.15) is 5.26 Å². The predicted molar refractivity (Wildman–Crippen MR) is 103 cm³/mol. The Hall–Kier alpha value is -1.56. The molecule has 0 aromatic heterocycles. The van der Waals surface area contributed by atoms with Gasteiger partial charge in [-0.25, -0.2) is 0 Å². The summed E-state index contributed by atoms with van der Waals surface area (Å²) in [5.74, 6) is 1.87. The molecular weight excluding hydrogens is 320 g/mol. The van der Waals surface area contributed by atoms with Crippen LogP contribution in [0.5, 0.6) is 0 Å². The first-order chi connectivity index (χ1) is 12.3. The van der Waals surface area contributed by atoms with Gasteiger partial charge in [0.2, 0.25) is 5.91 Å². The summed E-state index contributed by atoms with van der Waals surface area (Å²) in [6, 6.07) is 2.08. The quantitative estimate of drug-likeness (QED) is 0.666. The van der Waals surface area contributed by atoms with Crippen LogP contribution in [0.2, 0.25) is 0 Å². The van der Waals surface area contributed by atoms with Crippen molar-refractivity contribution in [2.45, 2.75) is 72.3 Å². The highest BCUT2D eigenvalue weighted by atomic mass is 16.2. The second kappa shape index (κ2) is 5.98. The van der Waals surface area contributed by atoms with E-state index in [0.717, 1.165) is 19.3 Å². The van der Waals surface area contributed by atoms with Crippen molar-refractivity contribution in [3.05, 3.63) is 23.3 Å². The highest BCUT2D eigenvalue weighted by Gasteiger charge is 2.59. The molecule has 140 valence electrons. The van der Waals surface area contributed by atoms with Crippen molar-refractivity contribution in [1.82, 2.24) is 4.90 Å². The summed E-state index contributed by atoms with van der Waals surface area (Å²) in [6.45, 7) is 9.89. The van der Waals surface area contributed by atoms with Gasteiger partial charge in [0.15, 0.2) is 0 Å². The monoisotopic (exact) mass is 352 g/mol. The van der Waals surface area contributed by atoms with Crippen LogP contribution in [0.15, 0.2) is 23.3 Å². The molecule has 0 bridgehead atoms. The molecule has 4 aliphatic rings. The van der Waals surface area contributed by atoms with E-state index < -0.39 is 0 Å². The summed E-state index contributed by atoms with van der Waals surface area (Å²) in [5.41, 5.74) is 3.04. The molecule has 1 amide bonds. The summed E-state index contributed by atoms with van der Waals surface area (Å²) >= 11 is 0. The first-order valence-electron chi connectivity index (χ1n) is 10.4. The van der Waals surface area contributed by atoms with Gasteiger partial charge in [-0.15, -0.1) is 0 Å². The smallest absolute Gasteiger partial charge is 0.230 e. The van der Waals surface area contributed by atoms with Gasteiger partial charge in [-0.1, -0.05) is 51.8 Å². The number of amides is 1. The summed E-state index contributed by atoms with van der Waals surface area (Å²) < 4.78 is 0. The number of hydrogen-bond acceptors (Lipinski definition) is 2. The summed E-state index contributed by atoms with van der Waals surface area (Å²) in [6.07, 6.45) is 11.7. The molecule has 3 heteroatoms. The van der Waals surface area contributed by atoms with E-state index in [1.54, 1.807) is 5.57 Å². The van der Waals surface area contributed by atoms with Crippen molar-refractivity contribution in [2.24, 2.45) is 28.6 Å². The Bertz CT molecular complexity index is 727. The molecule has 4 rings (SSSR count). The largest absolute Gasteiger partial charge is 0.321 e. The van der Waals surface area contributed by atoms with Gasteiger partial charge >= 0.3 is 0 Å². The Balaban J connectivity index is 1.67. The molecule has 0 aromatic carbocycles. The molecule has 3 aliphatic carbocycles. The van der Waals surface area contributed by atoms with Gasteiger partial charge in [-0.3, -0.25) is 4.79 Å². The molecule has 5 atom stereocenters. The number of carbonyl (C=O) groups excluding carboxylic acids is 1. The van der Waals surface area contributed by atoms with Gasteiger partial charge < -0.3 is 4.90 Å². The highest BCUT2D eigenvalue weighted by molar-refractivity contribution is 5.86. The average molecular weight is 353 g/mol. The third kappa shape index (κ3) is 2.48. The van der Waals surface area contributed by atoms with Crippen LogP contribution in [0.25, 0.3) is 0 Å². The number of fused-ring (bicyclic) bond motifs is 3. The van der Waals surface area contributed by atoms with Crippen molar-refractivity contribution in [3.8, 4) is 6.07 Å². The van der Waals surface area contributed by atoms with Crippen LogP contribution in [0.1, 0.15) is 66.2 Å². The van der Waals surface area contributed by atoms with Crippen molar-refractivity contribution in [1.29, 1.82) is 5.26 Å². The van der Waals surface area contributed by atoms with Gasteiger partial charge in [-0.05, 0) is 60.8 Å². The van der Waals surface area contributed by atoms with Crippen LogP contribution in [-0.2, 0) is 4.79 Å². The van der Waals surface area contributed by atoms with Crippen LogP contribution >= 0.6 is 0 Å². The average Bonchev–Trinajstić information content (AvgIpc) is 3.40.